The highest BCUT2D eigenvalue weighted by molar-refractivity contribution is 7.99. The molecule has 2 aromatic carbocycles. The van der Waals surface area contributed by atoms with E-state index < -0.39 is 0 Å². The highest BCUT2D eigenvalue weighted by Crippen LogP contribution is 2.27. The second kappa shape index (κ2) is 9.60. The van der Waals surface area contributed by atoms with Crippen LogP contribution in [0, 0.1) is 0 Å². The Kier molecular flexibility index (Phi) is 6.93. The second-order valence-electron chi connectivity index (χ2n) is 6.62. The molecule has 7 heteroatoms. The molecule has 1 heterocycles. The summed E-state index contributed by atoms with van der Waals surface area (Å²) in [5.41, 5.74) is 1.03. The van der Waals surface area contributed by atoms with Gasteiger partial charge in [0, 0.05) is 6.04 Å². The van der Waals surface area contributed by atoms with E-state index in [1.54, 1.807) is 12.1 Å². The zero-order valence-corrected chi connectivity index (χ0v) is 17.7. The number of carbonyl (C=O) groups excluding carboxylic acids is 1. The lowest BCUT2D eigenvalue weighted by Crippen LogP contribution is -2.33. The standard InChI is InChI=1S/C22H25N3O3S/c1-4-15(3)23-20(26)14-29-22-24-17-11-7-6-10-16(17)21(27)25(22)18-12-8-9-13-19(18)28-5-2/h6-13,15H,4-5,14H2,1-3H3,(H,23,26)/t15-/m1/s1. The van der Waals surface area contributed by atoms with Crippen LogP contribution >= 0.6 is 11.8 Å². The Labute approximate surface area is 174 Å². The fourth-order valence-electron chi connectivity index (χ4n) is 2.89. The summed E-state index contributed by atoms with van der Waals surface area (Å²) in [7, 11) is 0. The molecule has 0 saturated carbocycles. The first-order valence-electron chi connectivity index (χ1n) is 9.71. The Bertz CT molecular complexity index is 1060. The number of aromatic nitrogens is 2. The summed E-state index contributed by atoms with van der Waals surface area (Å²) in [5.74, 6) is 0.683. The van der Waals surface area contributed by atoms with Crippen LogP contribution in [0.5, 0.6) is 5.75 Å². The van der Waals surface area contributed by atoms with Gasteiger partial charge in [0.1, 0.15) is 5.75 Å². The van der Waals surface area contributed by atoms with E-state index in [-0.39, 0.29) is 23.3 Å². The second-order valence-corrected chi connectivity index (χ2v) is 7.56. The van der Waals surface area contributed by atoms with Gasteiger partial charge in [-0.1, -0.05) is 43.0 Å². The van der Waals surface area contributed by atoms with Gasteiger partial charge in [-0.05, 0) is 44.5 Å². The zero-order chi connectivity index (χ0) is 20.8. The summed E-state index contributed by atoms with van der Waals surface area (Å²) in [4.78, 5) is 30.3. The molecule has 6 nitrogen and oxygen atoms in total. The maximum Gasteiger partial charge on any atom is 0.266 e. The first-order valence-corrected chi connectivity index (χ1v) is 10.7. The van der Waals surface area contributed by atoms with Gasteiger partial charge in [-0.15, -0.1) is 0 Å². The van der Waals surface area contributed by atoms with Crippen molar-refractivity contribution in [3.05, 3.63) is 58.9 Å². The minimum atomic E-state index is -0.187. The summed E-state index contributed by atoms with van der Waals surface area (Å²) < 4.78 is 7.27. The number of nitrogens with zero attached hydrogens (tertiary/aromatic N) is 2. The lowest BCUT2D eigenvalue weighted by atomic mass is 10.2. The van der Waals surface area contributed by atoms with E-state index in [1.165, 1.54) is 16.3 Å². The lowest BCUT2D eigenvalue weighted by molar-refractivity contribution is -0.119. The number of benzene rings is 2. The molecule has 0 spiro atoms. The zero-order valence-electron chi connectivity index (χ0n) is 16.8. The Morgan fingerprint density at radius 2 is 1.90 bits per heavy atom. The minimum Gasteiger partial charge on any atom is -0.492 e. The van der Waals surface area contributed by atoms with Crippen LogP contribution in [0.2, 0.25) is 0 Å². The Morgan fingerprint density at radius 3 is 2.66 bits per heavy atom. The number of ether oxygens (including phenoxy) is 1. The third kappa shape index (κ3) is 4.79. The Morgan fingerprint density at radius 1 is 1.17 bits per heavy atom. The number of hydrogen-bond acceptors (Lipinski definition) is 5. The van der Waals surface area contributed by atoms with Gasteiger partial charge in [-0.2, -0.15) is 0 Å². The molecule has 1 aromatic heterocycles. The molecular weight excluding hydrogens is 386 g/mol. The highest BCUT2D eigenvalue weighted by atomic mass is 32.2. The van der Waals surface area contributed by atoms with Gasteiger partial charge in [0.15, 0.2) is 5.16 Å². The van der Waals surface area contributed by atoms with Crippen LogP contribution in [0.1, 0.15) is 27.2 Å². The van der Waals surface area contributed by atoms with Gasteiger partial charge in [0.25, 0.3) is 5.56 Å². The summed E-state index contributed by atoms with van der Waals surface area (Å²) in [5, 5.41) is 3.92. The highest BCUT2D eigenvalue weighted by Gasteiger charge is 2.17. The first-order chi connectivity index (χ1) is 14.0. The molecule has 1 atom stereocenters. The number of fused-ring (bicyclic) bond motifs is 1. The van der Waals surface area contributed by atoms with Crippen molar-refractivity contribution in [1.82, 2.24) is 14.9 Å². The maximum absolute atomic E-state index is 13.3. The predicted molar refractivity (Wildman–Crippen MR) is 117 cm³/mol. The number of thioether (sulfide) groups is 1. The molecule has 0 aliphatic carbocycles. The molecule has 0 saturated heterocycles. The molecule has 152 valence electrons. The number of para-hydroxylation sites is 3. The summed E-state index contributed by atoms with van der Waals surface area (Å²) in [6.45, 7) is 6.36. The van der Waals surface area contributed by atoms with Crippen LogP contribution in [0.4, 0.5) is 0 Å². The summed E-state index contributed by atoms with van der Waals surface area (Å²) in [6.07, 6.45) is 0.858. The third-order valence-corrected chi connectivity index (χ3v) is 5.44. The van der Waals surface area contributed by atoms with E-state index in [1.807, 2.05) is 57.2 Å². The topological polar surface area (TPSA) is 73.2 Å². The van der Waals surface area contributed by atoms with Gasteiger partial charge >= 0.3 is 0 Å². The van der Waals surface area contributed by atoms with Gasteiger partial charge in [-0.3, -0.25) is 14.2 Å². The van der Waals surface area contributed by atoms with Crippen LogP contribution in [0.15, 0.2) is 58.5 Å². The lowest BCUT2D eigenvalue weighted by Gasteiger charge is -2.17. The summed E-state index contributed by atoms with van der Waals surface area (Å²) >= 11 is 1.24. The smallest absolute Gasteiger partial charge is 0.266 e. The van der Waals surface area contributed by atoms with E-state index in [4.69, 9.17) is 4.74 Å². The number of rotatable bonds is 8. The predicted octanol–water partition coefficient (Wildman–Crippen LogP) is 3.79. The van der Waals surface area contributed by atoms with Gasteiger partial charge in [-0.25, -0.2) is 4.98 Å². The Hall–Kier alpha value is -2.80. The van der Waals surface area contributed by atoms with Crippen molar-refractivity contribution in [2.24, 2.45) is 0 Å². The van der Waals surface area contributed by atoms with Crippen molar-refractivity contribution in [3.8, 4) is 11.4 Å². The van der Waals surface area contributed by atoms with Crippen molar-refractivity contribution in [1.29, 1.82) is 0 Å². The van der Waals surface area contributed by atoms with Crippen LogP contribution < -0.4 is 15.6 Å². The number of hydrogen-bond donors (Lipinski definition) is 1. The number of nitrogens with one attached hydrogen (secondary N) is 1. The Balaban J connectivity index is 2.08. The minimum absolute atomic E-state index is 0.0867. The largest absolute Gasteiger partial charge is 0.492 e. The molecule has 0 aliphatic heterocycles. The average Bonchev–Trinajstić information content (AvgIpc) is 2.73. The first kappa shape index (κ1) is 20.9. The van der Waals surface area contributed by atoms with Crippen molar-refractivity contribution < 1.29 is 9.53 Å². The molecule has 0 bridgehead atoms. The fourth-order valence-corrected chi connectivity index (χ4v) is 3.71. The molecule has 0 fully saturated rings. The van der Waals surface area contributed by atoms with Crippen molar-refractivity contribution in [2.45, 2.75) is 38.4 Å². The van der Waals surface area contributed by atoms with Crippen molar-refractivity contribution in [2.75, 3.05) is 12.4 Å². The number of carbonyl (C=O) groups is 1. The van der Waals surface area contributed by atoms with Gasteiger partial charge < -0.3 is 10.1 Å². The third-order valence-electron chi connectivity index (χ3n) is 4.50. The molecule has 3 rings (SSSR count). The van der Waals surface area contributed by atoms with Crippen LogP contribution in [-0.4, -0.2) is 33.9 Å². The number of amides is 1. The monoisotopic (exact) mass is 411 g/mol. The van der Waals surface area contributed by atoms with E-state index >= 15 is 0 Å². The SMILES string of the molecule is CCOc1ccccc1-n1c(SCC(=O)N[C@H](C)CC)nc2ccccc2c1=O. The molecule has 0 unspecified atom stereocenters. The van der Waals surface area contributed by atoms with E-state index in [0.29, 0.717) is 34.1 Å². The van der Waals surface area contributed by atoms with E-state index in [9.17, 15) is 9.59 Å². The van der Waals surface area contributed by atoms with Crippen LogP contribution in [-0.2, 0) is 4.79 Å². The summed E-state index contributed by atoms with van der Waals surface area (Å²) in [6, 6.07) is 14.7. The van der Waals surface area contributed by atoms with E-state index in [0.717, 1.165) is 6.42 Å². The molecule has 3 aromatic rings. The normalized spacial score (nSPS) is 12.0. The molecule has 1 N–H and O–H groups in total. The van der Waals surface area contributed by atoms with Crippen molar-refractivity contribution >= 4 is 28.6 Å². The van der Waals surface area contributed by atoms with Gasteiger partial charge in [0.05, 0.1) is 29.0 Å². The van der Waals surface area contributed by atoms with Crippen LogP contribution in [0.25, 0.3) is 16.6 Å². The molecule has 1 amide bonds. The van der Waals surface area contributed by atoms with Gasteiger partial charge in [0.2, 0.25) is 5.91 Å². The molecule has 29 heavy (non-hydrogen) atoms. The molecule has 0 radical (unpaired) electrons. The maximum atomic E-state index is 13.3. The fraction of sp³-hybridized carbons (Fsp3) is 0.318. The molecular formula is C22H25N3O3S. The van der Waals surface area contributed by atoms with Crippen LogP contribution in [0.3, 0.4) is 0 Å². The van der Waals surface area contributed by atoms with Crippen molar-refractivity contribution in [3.63, 3.8) is 0 Å². The quantitative estimate of drug-likeness (QED) is 0.451. The molecule has 0 aliphatic rings. The van der Waals surface area contributed by atoms with E-state index in [2.05, 4.69) is 10.3 Å². The average molecular weight is 412 g/mol.